The highest BCUT2D eigenvalue weighted by Crippen LogP contribution is 2.16. The van der Waals surface area contributed by atoms with Gasteiger partial charge in [-0.25, -0.2) is 0 Å². The van der Waals surface area contributed by atoms with Crippen molar-refractivity contribution >= 4 is 5.91 Å². The predicted molar refractivity (Wildman–Crippen MR) is 57.5 cm³/mol. The van der Waals surface area contributed by atoms with Crippen molar-refractivity contribution in [2.45, 2.75) is 25.8 Å². The predicted octanol–water partition coefficient (Wildman–Crippen LogP) is 0.137. The van der Waals surface area contributed by atoms with Gasteiger partial charge in [-0.15, -0.1) is 0 Å². The van der Waals surface area contributed by atoms with E-state index >= 15 is 0 Å². The van der Waals surface area contributed by atoms with Crippen LogP contribution in [0.1, 0.15) is 19.8 Å². The third-order valence-corrected chi connectivity index (χ3v) is 3.36. The number of rotatable bonds is 2. The molecule has 2 saturated heterocycles. The number of nitrogens with one attached hydrogen (secondary N) is 2. The summed E-state index contributed by atoms with van der Waals surface area (Å²) in [5.74, 6) is 0.796. The molecule has 2 fully saturated rings. The lowest BCUT2D eigenvalue weighted by molar-refractivity contribution is -0.127. The quantitative estimate of drug-likeness (QED) is 0.684. The number of carbonyl (C=O) groups is 1. The Hall–Kier alpha value is -0.610. The summed E-state index contributed by atoms with van der Waals surface area (Å²) >= 11 is 0. The van der Waals surface area contributed by atoms with E-state index in [-0.39, 0.29) is 17.9 Å². The minimum atomic E-state index is 0.145. The van der Waals surface area contributed by atoms with Gasteiger partial charge in [-0.1, -0.05) is 6.92 Å². The zero-order chi connectivity index (χ0) is 10.7. The van der Waals surface area contributed by atoms with Crippen molar-refractivity contribution in [1.82, 2.24) is 10.6 Å². The van der Waals surface area contributed by atoms with Gasteiger partial charge >= 0.3 is 0 Å². The molecule has 0 saturated carbocycles. The van der Waals surface area contributed by atoms with Crippen LogP contribution in [0.4, 0.5) is 0 Å². The second kappa shape index (κ2) is 4.94. The Morgan fingerprint density at radius 3 is 2.93 bits per heavy atom. The maximum atomic E-state index is 11.9. The standard InChI is InChI=1S/C11H20N2O2/c1-8-5-12-6-10(8)11(14)13-9-3-2-4-15-7-9/h8-10,12H,2-7H2,1H3,(H,13,14). The number of hydrogen-bond acceptors (Lipinski definition) is 3. The molecule has 86 valence electrons. The largest absolute Gasteiger partial charge is 0.379 e. The Kier molecular flexibility index (Phi) is 3.59. The van der Waals surface area contributed by atoms with E-state index in [1.807, 2.05) is 0 Å². The molecule has 0 aromatic rings. The molecular formula is C11H20N2O2. The lowest BCUT2D eigenvalue weighted by Crippen LogP contribution is -2.44. The fourth-order valence-electron chi connectivity index (χ4n) is 2.32. The summed E-state index contributed by atoms with van der Waals surface area (Å²) in [5.41, 5.74) is 0. The van der Waals surface area contributed by atoms with Gasteiger partial charge in [-0.2, -0.15) is 0 Å². The van der Waals surface area contributed by atoms with E-state index in [2.05, 4.69) is 17.6 Å². The average molecular weight is 212 g/mol. The van der Waals surface area contributed by atoms with Gasteiger partial charge in [-0.3, -0.25) is 4.79 Å². The lowest BCUT2D eigenvalue weighted by atomic mass is 9.96. The van der Waals surface area contributed by atoms with Crippen LogP contribution in [0, 0.1) is 11.8 Å². The van der Waals surface area contributed by atoms with Crippen molar-refractivity contribution in [2.24, 2.45) is 11.8 Å². The van der Waals surface area contributed by atoms with E-state index in [0.717, 1.165) is 32.5 Å². The number of hydrogen-bond donors (Lipinski definition) is 2. The molecule has 15 heavy (non-hydrogen) atoms. The molecule has 0 bridgehead atoms. The molecule has 0 aromatic carbocycles. The molecule has 2 heterocycles. The highest BCUT2D eigenvalue weighted by Gasteiger charge is 2.30. The first-order valence-electron chi connectivity index (χ1n) is 5.86. The van der Waals surface area contributed by atoms with Crippen molar-refractivity contribution < 1.29 is 9.53 Å². The number of ether oxygens (including phenoxy) is 1. The molecule has 2 aliphatic heterocycles. The minimum absolute atomic E-state index is 0.145. The zero-order valence-electron chi connectivity index (χ0n) is 9.29. The Balaban J connectivity index is 1.80. The molecule has 2 N–H and O–H groups in total. The summed E-state index contributed by atoms with van der Waals surface area (Å²) in [6, 6.07) is 0.235. The van der Waals surface area contributed by atoms with Gasteiger partial charge in [0.2, 0.25) is 5.91 Å². The molecule has 0 aliphatic carbocycles. The van der Waals surface area contributed by atoms with Crippen molar-refractivity contribution in [3.63, 3.8) is 0 Å². The first kappa shape index (κ1) is 10.9. The normalized spacial score (nSPS) is 36.5. The van der Waals surface area contributed by atoms with Crippen LogP contribution in [0.5, 0.6) is 0 Å². The summed E-state index contributed by atoms with van der Waals surface area (Å²) < 4.78 is 5.34. The van der Waals surface area contributed by atoms with E-state index in [1.54, 1.807) is 0 Å². The first-order chi connectivity index (χ1) is 7.27. The summed E-state index contributed by atoms with van der Waals surface area (Å²) in [5, 5.41) is 6.34. The fraction of sp³-hybridized carbons (Fsp3) is 0.909. The molecule has 1 amide bonds. The summed E-state index contributed by atoms with van der Waals surface area (Å²) in [4.78, 5) is 11.9. The molecular weight excluding hydrogens is 192 g/mol. The first-order valence-corrected chi connectivity index (χ1v) is 5.86. The third-order valence-electron chi connectivity index (χ3n) is 3.36. The van der Waals surface area contributed by atoms with Crippen LogP contribution < -0.4 is 10.6 Å². The van der Waals surface area contributed by atoms with Gasteiger partial charge in [0.05, 0.1) is 18.6 Å². The lowest BCUT2D eigenvalue weighted by Gasteiger charge is -2.25. The zero-order valence-corrected chi connectivity index (χ0v) is 9.29. The molecule has 0 spiro atoms. The van der Waals surface area contributed by atoms with E-state index < -0.39 is 0 Å². The molecule has 4 nitrogen and oxygen atoms in total. The van der Waals surface area contributed by atoms with Gasteiger partial charge in [-0.05, 0) is 25.3 Å². The van der Waals surface area contributed by atoms with Gasteiger partial charge in [0, 0.05) is 13.2 Å². The Morgan fingerprint density at radius 1 is 1.47 bits per heavy atom. The van der Waals surface area contributed by atoms with Crippen LogP contribution in [0.3, 0.4) is 0 Å². The average Bonchev–Trinajstić information content (AvgIpc) is 2.66. The maximum Gasteiger partial charge on any atom is 0.225 e. The molecule has 3 atom stereocenters. The smallest absolute Gasteiger partial charge is 0.225 e. The summed E-state index contributed by atoms with van der Waals surface area (Å²) in [7, 11) is 0. The van der Waals surface area contributed by atoms with E-state index in [0.29, 0.717) is 12.5 Å². The van der Waals surface area contributed by atoms with E-state index in [1.165, 1.54) is 0 Å². The molecule has 0 aromatic heterocycles. The molecule has 4 heteroatoms. The van der Waals surface area contributed by atoms with E-state index in [9.17, 15) is 4.79 Å². The summed E-state index contributed by atoms with van der Waals surface area (Å²) in [6.07, 6.45) is 2.11. The molecule has 2 rings (SSSR count). The fourth-order valence-corrected chi connectivity index (χ4v) is 2.32. The minimum Gasteiger partial charge on any atom is -0.379 e. The maximum absolute atomic E-state index is 11.9. The van der Waals surface area contributed by atoms with Crippen LogP contribution in [0.15, 0.2) is 0 Å². The topological polar surface area (TPSA) is 50.4 Å². The van der Waals surface area contributed by atoms with Crippen molar-refractivity contribution in [3.05, 3.63) is 0 Å². The number of amides is 1. The van der Waals surface area contributed by atoms with Gasteiger partial charge in [0.15, 0.2) is 0 Å². The van der Waals surface area contributed by atoms with Gasteiger partial charge in [0.25, 0.3) is 0 Å². The third kappa shape index (κ3) is 2.69. The van der Waals surface area contributed by atoms with Crippen LogP contribution in [-0.4, -0.2) is 38.3 Å². The Morgan fingerprint density at radius 2 is 2.33 bits per heavy atom. The molecule has 0 radical (unpaired) electrons. The highest BCUT2D eigenvalue weighted by molar-refractivity contribution is 5.79. The summed E-state index contributed by atoms with van der Waals surface area (Å²) in [6.45, 7) is 5.43. The SMILES string of the molecule is CC1CNCC1C(=O)NC1CCCOC1. The second-order valence-electron chi connectivity index (χ2n) is 4.66. The second-order valence-corrected chi connectivity index (χ2v) is 4.66. The van der Waals surface area contributed by atoms with Crippen LogP contribution >= 0.6 is 0 Å². The highest BCUT2D eigenvalue weighted by atomic mass is 16.5. The Bertz CT molecular complexity index is 227. The van der Waals surface area contributed by atoms with Gasteiger partial charge < -0.3 is 15.4 Å². The van der Waals surface area contributed by atoms with E-state index in [4.69, 9.17) is 4.74 Å². The monoisotopic (exact) mass is 212 g/mol. The van der Waals surface area contributed by atoms with Crippen molar-refractivity contribution in [2.75, 3.05) is 26.3 Å². The van der Waals surface area contributed by atoms with Crippen molar-refractivity contribution in [3.8, 4) is 0 Å². The van der Waals surface area contributed by atoms with Gasteiger partial charge in [0.1, 0.15) is 0 Å². The van der Waals surface area contributed by atoms with Crippen molar-refractivity contribution in [1.29, 1.82) is 0 Å². The van der Waals surface area contributed by atoms with Crippen LogP contribution in [0.25, 0.3) is 0 Å². The molecule has 2 aliphatic rings. The molecule has 3 unspecified atom stereocenters. The Labute approximate surface area is 90.8 Å². The van der Waals surface area contributed by atoms with Crippen LogP contribution in [0.2, 0.25) is 0 Å². The number of carbonyl (C=O) groups excluding carboxylic acids is 1. The van der Waals surface area contributed by atoms with Crippen LogP contribution in [-0.2, 0) is 9.53 Å².